The van der Waals surface area contributed by atoms with Gasteiger partial charge in [0.05, 0.1) is 21.4 Å². The Hall–Kier alpha value is -0.310. The lowest BCUT2D eigenvalue weighted by Gasteiger charge is -1.96. The fourth-order valence-corrected chi connectivity index (χ4v) is 3.25. The SMILES string of the molecule is N#Cc1ccc(I)c2scc(Cl)c12. The van der Waals surface area contributed by atoms with Crippen LogP contribution in [-0.2, 0) is 0 Å². The van der Waals surface area contributed by atoms with Crippen molar-refractivity contribution in [1.29, 1.82) is 5.26 Å². The first-order valence-electron chi connectivity index (χ1n) is 3.49. The van der Waals surface area contributed by atoms with E-state index in [0.717, 1.165) is 13.7 Å². The molecular formula is C9H3ClINS. The molecule has 0 bridgehead atoms. The number of halogens is 2. The summed E-state index contributed by atoms with van der Waals surface area (Å²) in [5.41, 5.74) is 0.654. The van der Waals surface area contributed by atoms with Gasteiger partial charge in [-0.2, -0.15) is 5.26 Å². The molecule has 2 aromatic rings. The number of thiophene rings is 1. The Morgan fingerprint density at radius 3 is 2.92 bits per heavy atom. The first-order valence-corrected chi connectivity index (χ1v) is 5.83. The Morgan fingerprint density at radius 2 is 2.23 bits per heavy atom. The van der Waals surface area contributed by atoms with E-state index in [4.69, 9.17) is 16.9 Å². The van der Waals surface area contributed by atoms with E-state index in [1.54, 1.807) is 11.3 Å². The van der Waals surface area contributed by atoms with Crippen LogP contribution in [0, 0.1) is 14.9 Å². The molecule has 4 heteroatoms. The zero-order valence-corrected chi connectivity index (χ0v) is 10.1. The molecule has 1 heterocycles. The van der Waals surface area contributed by atoms with Crippen molar-refractivity contribution in [2.75, 3.05) is 0 Å². The average Bonchev–Trinajstić information content (AvgIpc) is 2.51. The highest BCUT2D eigenvalue weighted by molar-refractivity contribution is 14.1. The van der Waals surface area contributed by atoms with E-state index >= 15 is 0 Å². The van der Waals surface area contributed by atoms with Gasteiger partial charge in [0.2, 0.25) is 0 Å². The van der Waals surface area contributed by atoms with Gasteiger partial charge in [-0.05, 0) is 34.7 Å². The van der Waals surface area contributed by atoms with Crippen LogP contribution in [0.4, 0.5) is 0 Å². The van der Waals surface area contributed by atoms with Gasteiger partial charge >= 0.3 is 0 Å². The Balaban J connectivity index is 2.99. The van der Waals surface area contributed by atoms with Gasteiger partial charge < -0.3 is 0 Å². The van der Waals surface area contributed by atoms with Crippen molar-refractivity contribution in [1.82, 2.24) is 0 Å². The first-order chi connectivity index (χ1) is 6.24. The molecule has 0 aliphatic rings. The molecule has 0 spiro atoms. The monoisotopic (exact) mass is 319 g/mol. The van der Waals surface area contributed by atoms with Gasteiger partial charge in [-0.1, -0.05) is 11.6 Å². The van der Waals surface area contributed by atoms with Gasteiger partial charge in [-0.15, -0.1) is 11.3 Å². The number of hydrogen-bond acceptors (Lipinski definition) is 2. The maximum absolute atomic E-state index is 8.86. The molecule has 0 N–H and O–H groups in total. The maximum Gasteiger partial charge on any atom is 0.0999 e. The summed E-state index contributed by atoms with van der Waals surface area (Å²) in [4.78, 5) is 0. The molecule has 0 saturated heterocycles. The highest BCUT2D eigenvalue weighted by atomic mass is 127. The minimum Gasteiger partial charge on any atom is -0.192 e. The molecule has 0 unspecified atom stereocenters. The third-order valence-electron chi connectivity index (χ3n) is 1.75. The van der Waals surface area contributed by atoms with Crippen molar-refractivity contribution >= 4 is 55.6 Å². The van der Waals surface area contributed by atoms with Gasteiger partial charge in [0.15, 0.2) is 0 Å². The van der Waals surface area contributed by atoms with Crippen LogP contribution in [0.5, 0.6) is 0 Å². The van der Waals surface area contributed by atoms with Crippen molar-refractivity contribution < 1.29 is 0 Å². The zero-order valence-electron chi connectivity index (χ0n) is 6.34. The number of benzene rings is 1. The maximum atomic E-state index is 8.86. The van der Waals surface area contributed by atoms with E-state index in [-0.39, 0.29) is 0 Å². The summed E-state index contributed by atoms with van der Waals surface area (Å²) in [6, 6.07) is 5.89. The minimum atomic E-state index is 0.654. The fourth-order valence-electron chi connectivity index (χ4n) is 1.17. The smallest absolute Gasteiger partial charge is 0.0999 e. The van der Waals surface area contributed by atoms with E-state index in [1.807, 2.05) is 17.5 Å². The molecule has 2 rings (SSSR count). The second-order valence-electron chi connectivity index (χ2n) is 2.49. The minimum absolute atomic E-state index is 0.654. The third-order valence-corrected chi connectivity index (χ3v) is 4.45. The summed E-state index contributed by atoms with van der Waals surface area (Å²) >= 11 is 9.81. The topological polar surface area (TPSA) is 23.8 Å². The van der Waals surface area contributed by atoms with Crippen LogP contribution in [0.25, 0.3) is 10.1 Å². The molecule has 0 aliphatic carbocycles. The van der Waals surface area contributed by atoms with Gasteiger partial charge in [0.25, 0.3) is 0 Å². The fraction of sp³-hybridized carbons (Fsp3) is 0. The number of hydrogen-bond donors (Lipinski definition) is 0. The Bertz CT molecular complexity index is 512. The van der Waals surface area contributed by atoms with Crippen LogP contribution >= 0.6 is 45.5 Å². The third kappa shape index (κ3) is 1.43. The summed E-state index contributed by atoms with van der Waals surface area (Å²) in [7, 11) is 0. The van der Waals surface area contributed by atoms with Crippen LogP contribution in [-0.4, -0.2) is 0 Å². The van der Waals surface area contributed by atoms with Crippen molar-refractivity contribution in [3.8, 4) is 6.07 Å². The van der Waals surface area contributed by atoms with Gasteiger partial charge in [0, 0.05) is 14.3 Å². The zero-order chi connectivity index (χ0) is 9.42. The summed E-state index contributed by atoms with van der Waals surface area (Å²) < 4.78 is 2.24. The van der Waals surface area contributed by atoms with Crippen molar-refractivity contribution in [3.63, 3.8) is 0 Å². The van der Waals surface area contributed by atoms with E-state index < -0.39 is 0 Å². The van der Waals surface area contributed by atoms with E-state index in [2.05, 4.69) is 28.7 Å². The predicted octanol–water partition coefficient (Wildman–Crippen LogP) is 4.03. The van der Waals surface area contributed by atoms with Crippen molar-refractivity contribution in [2.45, 2.75) is 0 Å². The molecule has 0 radical (unpaired) electrons. The highest BCUT2D eigenvalue weighted by Gasteiger charge is 2.09. The standard InChI is InChI=1S/C9H3ClINS/c10-6-4-13-9-7(11)2-1-5(3-12)8(6)9/h1-2,4H. The molecule has 1 aromatic carbocycles. The Morgan fingerprint density at radius 1 is 1.46 bits per heavy atom. The molecule has 0 aliphatic heterocycles. The van der Waals surface area contributed by atoms with E-state index in [0.29, 0.717) is 10.6 Å². The molecule has 0 amide bonds. The Labute approximate surface area is 98.1 Å². The van der Waals surface area contributed by atoms with Gasteiger partial charge in [-0.3, -0.25) is 0 Å². The lowest BCUT2D eigenvalue weighted by Crippen LogP contribution is -1.78. The largest absolute Gasteiger partial charge is 0.192 e. The molecule has 1 nitrogen and oxygen atoms in total. The molecule has 64 valence electrons. The molecule has 0 saturated carbocycles. The van der Waals surface area contributed by atoms with Crippen molar-refractivity contribution in [3.05, 3.63) is 31.7 Å². The number of nitriles is 1. The predicted molar refractivity (Wildman–Crippen MR) is 64.3 cm³/mol. The second kappa shape index (κ2) is 3.45. The molecule has 1 aromatic heterocycles. The lowest BCUT2D eigenvalue weighted by atomic mass is 10.1. The number of nitrogens with zero attached hydrogens (tertiary/aromatic N) is 1. The summed E-state index contributed by atoms with van der Waals surface area (Å²) in [6.07, 6.45) is 0. The van der Waals surface area contributed by atoms with Crippen LogP contribution < -0.4 is 0 Å². The van der Waals surface area contributed by atoms with E-state index in [1.165, 1.54) is 0 Å². The van der Waals surface area contributed by atoms with Crippen LogP contribution in [0.15, 0.2) is 17.5 Å². The summed E-state index contributed by atoms with van der Waals surface area (Å²) in [6.45, 7) is 0. The van der Waals surface area contributed by atoms with Crippen LogP contribution in [0.3, 0.4) is 0 Å². The Kier molecular flexibility index (Phi) is 2.45. The first kappa shape index (κ1) is 9.25. The molecule has 13 heavy (non-hydrogen) atoms. The second-order valence-corrected chi connectivity index (χ2v) is 4.94. The summed E-state index contributed by atoms with van der Waals surface area (Å²) in [5, 5.41) is 12.3. The van der Waals surface area contributed by atoms with Crippen LogP contribution in [0.1, 0.15) is 5.56 Å². The summed E-state index contributed by atoms with van der Waals surface area (Å²) in [5.74, 6) is 0. The van der Waals surface area contributed by atoms with E-state index in [9.17, 15) is 0 Å². The highest BCUT2D eigenvalue weighted by Crippen LogP contribution is 2.35. The molecule has 0 atom stereocenters. The van der Waals surface area contributed by atoms with Crippen molar-refractivity contribution in [2.24, 2.45) is 0 Å². The number of fused-ring (bicyclic) bond motifs is 1. The molecular weight excluding hydrogens is 317 g/mol. The number of rotatable bonds is 0. The van der Waals surface area contributed by atoms with Crippen LogP contribution in [0.2, 0.25) is 5.02 Å². The van der Waals surface area contributed by atoms with Gasteiger partial charge in [0.1, 0.15) is 0 Å². The quantitative estimate of drug-likeness (QED) is 0.673. The average molecular weight is 320 g/mol. The normalized spacial score (nSPS) is 10.2. The molecule has 0 fully saturated rings. The van der Waals surface area contributed by atoms with Gasteiger partial charge in [-0.25, -0.2) is 0 Å². The lowest BCUT2D eigenvalue weighted by molar-refractivity contribution is 1.50.